The number of rotatable bonds is 4. The number of hydrogen-bond acceptors (Lipinski definition) is 6. The summed E-state index contributed by atoms with van der Waals surface area (Å²) in [5, 5.41) is 1.47. The van der Waals surface area contributed by atoms with Crippen LogP contribution in [0, 0.1) is 36.0 Å². The lowest BCUT2D eigenvalue weighted by Gasteiger charge is -2.09. The number of methoxy groups -OCH3 is 2. The molecule has 1 heterocycles. The Morgan fingerprint density at radius 1 is 0.786 bits per heavy atom. The molecule has 1 N–H and O–H groups in total. The minimum absolute atomic E-state index is 0.0245. The van der Waals surface area contributed by atoms with Crippen LogP contribution in [0.1, 0.15) is 36.0 Å². The quantitative estimate of drug-likeness (QED) is 0.352. The van der Waals surface area contributed by atoms with Gasteiger partial charge in [-0.25, -0.2) is 31.5 Å². The monoisotopic (exact) mass is 423 g/mol. The molecule has 150 valence electrons. The minimum atomic E-state index is -2.43. The molecule has 0 spiro atoms. The van der Waals surface area contributed by atoms with Crippen molar-refractivity contribution in [2.24, 2.45) is 0 Å². The lowest BCUT2D eigenvalue weighted by atomic mass is 10.1. The average molecular weight is 423 g/mol. The largest absolute Gasteiger partial charge is 0.465 e. The first kappa shape index (κ1) is 21.3. The van der Waals surface area contributed by atoms with Crippen LogP contribution in [0.15, 0.2) is 0 Å². The average Bonchev–Trinajstić information content (AvgIpc) is 2.99. The Morgan fingerprint density at radius 3 is 1.71 bits per heavy atom. The molecule has 0 saturated heterocycles. The first-order valence-electron chi connectivity index (χ1n) is 7.19. The molecule has 1 aromatic heterocycles. The molecule has 0 aliphatic heterocycles. The van der Waals surface area contributed by atoms with Gasteiger partial charge in [-0.3, -0.25) is 4.79 Å². The molecule has 0 bridgehead atoms. The Hall–Kier alpha value is -3.02. The molecule has 6 nitrogen and oxygen atoms in total. The van der Waals surface area contributed by atoms with Crippen molar-refractivity contribution in [3.8, 4) is 0 Å². The lowest BCUT2D eigenvalue weighted by molar-refractivity contribution is 0.0601. The van der Waals surface area contributed by atoms with Gasteiger partial charge in [-0.1, -0.05) is 0 Å². The minimum Gasteiger partial charge on any atom is -0.465 e. The number of esters is 2. The summed E-state index contributed by atoms with van der Waals surface area (Å²) in [5.74, 6) is -15.4. The van der Waals surface area contributed by atoms with Crippen molar-refractivity contribution in [2.45, 2.75) is 6.92 Å². The fourth-order valence-electron chi connectivity index (χ4n) is 2.21. The van der Waals surface area contributed by atoms with Crippen LogP contribution in [0.25, 0.3) is 0 Å². The SMILES string of the molecule is COC(=O)c1sc(NC(=O)c2c(F)c(F)c(F)c(F)c2F)c(C(=O)OC)c1C. The van der Waals surface area contributed by atoms with Crippen molar-refractivity contribution in [2.75, 3.05) is 19.5 Å². The molecule has 2 aromatic rings. The van der Waals surface area contributed by atoms with Gasteiger partial charge in [0.15, 0.2) is 23.3 Å². The van der Waals surface area contributed by atoms with E-state index in [1.807, 2.05) is 5.32 Å². The highest BCUT2D eigenvalue weighted by Crippen LogP contribution is 2.35. The summed E-state index contributed by atoms with van der Waals surface area (Å²) >= 11 is 0.495. The van der Waals surface area contributed by atoms with Crippen LogP contribution in [0.2, 0.25) is 0 Å². The second-order valence-corrected chi connectivity index (χ2v) is 6.16. The Bertz CT molecular complexity index is 975. The summed E-state index contributed by atoms with van der Waals surface area (Å²) in [7, 11) is 2.04. The summed E-state index contributed by atoms with van der Waals surface area (Å²) in [4.78, 5) is 35.8. The van der Waals surface area contributed by atoms with E-state index in [2.05, 4.69) is 9.47 Å². The van der Waals surface area contributed by atoms with Gasteiger partial charge < -0.3 is 14.8 Å². The highest BCUT2D eigenvalue weighted by Gasteiger charge is 2.32. The van der Waals surface area contributed by atoms with E-state index in [1.54, 1.807) is 0 Å². The topological polar surface area (TPSA) is 81.7 Å². The van der Waals surface area contributed by atoms with Crippen molar-refractivity contribution < 1.29 is 45.8 Å². The van der Waals surface area contributed by atoms with Crippen molar-refractivity contribution in [1.82, 2.24) is 0 Å². The van der Waals surface area contributed by atoms with Crippen LogP contribution in [0.5, 0.6) is 0 Å². The molecule has 0 unspecified atom stereocenters. The van der Waals surface area contributed by atoms with Gasteiger partial charge in [0, 0.05) is 0 Å². The number of benzene rings is 1. The van der Waals surface area contributed by atoms with E-state index in [0.29, 0.717) is 11.3 Å². The fraction of sp³-hybridized carbons (Fsp3) is 0.188. The molecule has 0 fully saturated rings. The van der Waals surface area contributed by atoms with Gasteiger partial charge in [0.05, 0.1) is 19.8 Å². The van der Waals surface area contributed by atoms with Gasteiger partial charge in [-0.2, -0.15) is 0 Å². The predicted molar refractivity (Wildman–Crippen MR) is 85.9 cm³/mol. The normalized spacial score (nSPS) is 10.6. The summed E-state index contributed by atoms with van der Waals surface area (Å²) in [6.07, 6.45) is 0. The molecular weight excluding hydrogens is 413 g/mol. The molecule has 0 atom stereocenters. The second-order valence-electron chi connectivity index (χ2n) is 5.14. The number of hydrogen-bond donors (Lipinski definition) is 1. The summed E-state index contributed by atoms with van der Waals surface area (Å²) in [6.45, 7) is 1.31. The number of ether oxygens (including phenoxy) is 2. The Kier molecular flexibility index (Phi) is 6.02. The smallest absolute Gasteiger partial charge is 0.348 e. The number of carbonyl (C=O) groups is 3. The first-order valence-corrected chi connectivity index (χ1v) is 8.01. The molecule has 1 amide bonds. The molecular formula is C16H10F5NO5S. The molecule has 0 radical (unpaired) electrons. The van der Waals surface area contributed by atoms with Crippen LogP contribution >= 0.6 is 11.3 Å². The standard InChI is InChI=1S/C16H10F5NO5S/c1-4-5(15(24)26-2)14(28-12(4)16(25)27-3)22-13(23)6-7(17)9(19)11(21)10(20)8(6)18/h1-3H3,(H,22,23). The third-order valence-electron chi connectivity index (χ3n) is 3.57. The van der Waals surface area contributed by atoms with E-state index in [0.717, 1.165) is 14.2 Å². The summed E-state index contributed by atoms with van der Waals surface area (Å²) in [6, 6.07) is 0. The van der Waals surface area contributed by atoms with Crippen LogP contribution in [-0.2, 0) is 9.47 Å². The van der Waals surface area contributed by atoms with E-state index in [1.165, 1.54) is 6.92 Å². The first-order chi connectivity index (χ1) is 13.1. The highest BCUT2D eigenvalue weighted by molar-refractivity contribution is 7.18. The molecule has 0 aliphatic rings. The van der Waals surface area contributed by atoms with Gasteiger partial charge >= 0.3 is 11.9 Å². The number of carbonyl (C=O) groups excluding carboxylic acids is 3. The maximum Gasteiger partial charge on any atom is 0.348 e. The molecule has 0 saturated carbocycles. The maximum atomic E-state index is 13.8. The third kappa shape index (κ3) is 3.42. The fourth-order valence-corrected chi connectivity index (χ4v) is 3.31. The van der Waals surface area contributed by atoms with Gasteiger partial charge in [-0.05, 0) is 12.5 Å². The van der Waals surface area contributed by atoms with Crippen LogP contribution in [0.3, 0.4) is 0 Å². The Balaban J connectivity index is 2.59. The third-order valence-corrected chi connectivity index (χ3v) is 4.76. The molecule has 12 heteroatoms. The van der Waals surface area contributed by atoms with Crippen molar-refractivity contribution in [1.29, 1.82) is 0 Å². The Morgan fingerprint density at radius 2 is 1.25 bits per heavy atom. The zero-order valence-corrected chi connectivity index (χ0v) is 15.2. The summed E-state index contributed by atoms with van der Waals surface area (Å²) < 4.78 is 76.4. The molecule has 1 aromatic carbocycles. The number of amides is 1. The van der Waals surface area contributed by atoms with Crippen LogP contribution in [-0.4, -0.2) is 32.1 Å². The van der Waals surface area contributed by atoms with E-state index in [9.17, 15) is 36.3 Å². The van der Waals surface area contributed by atoms with E-state index in [-0.39, 0.29) is 16.0 Å². The number of anilines is 1. The number of halogens is 5. The summed E-state index contributed by atoms with van der Waals surface area (Å²) in [5.41, 5.74) is -2.07. The molecule has 2 rings (SSSR count). The van der Waals surface area contributed by atoms with Gasteiger partial charge in [0.25, 0.3) is 5.91 Å². The highest BCUT2D eigenvalue weighted by atomic mass is 32.1. The maximum absolute atomic E-state index is 13.8. The Labute approximate surface area is 157 Å². The van der Waals surface area contributed by atoms with Crippen molar-refractivity contribution in [3.05, 3.63) is 50.7 Å². The van der Waals surface area contributed by atoms with Gasteiger partial charge in [0.1, 0.15) is 15.4 Å². The van der Waals surface area contributed by atoms with Gasteiger partial charge in [0.2, 0.25) is 5.82 Å². The van der Waals surface area contributed by atoms with Gasteiger partial charge in [-0.15, -0.1) is 11.3 Å². The van der Waals surface area contributed by atoms with Crippen LogP contribution < -0.4 is 5.32 Å². The van der Waals surface area contributed by atoms with Crippen LogP contribution in [0.4, 0.5) is 27.0 Å². The van der Waals surface area contributed by atoms with E-state index < -0.39 is 57.5 Å². The lowest BCUT2D eigenvalue weighted by Crippen LogP contribution is -2.20. The van der Waals surface area contributed by atoms with Crippen molar-refractivity contribution >= 4 is 34.2 Å². The number of thiophene rings is 1. The zero-order chi connectivity index (χ0) is 21.3. The molecule has 28 heavy (non-hydrogen) atoms. The van der Waals surface area contributed by atoms with Crippen molar-refractivity contribution in [3.63, 3.8) is 0 Å². The zero-order valence-electron chi connectivity index (χ0n) is 14.3. The van der Waals surface area contributed by atoms with E-state index >= 15 is 0 Å². The number of nitrogens with one attached hydrogen (secondary N) is 1. The predicted octanol–water partition coefficient (Wildman–Crippen LogP) is 3.58. The second kappa shape index (κ2) is 7.92. The molecule has 0 aliphatic carbocycles. The van der Waals surface area contributed by atoms with E-state index in [4.69, 9.17) is 0 Å².